The lowest BCUT2D eigenvalue weighted by atomic mass is 10.0. The zero-order valence-corrected chi connectivity index (χ0v) is 40.6. The summed E-state index contributed by atoms with van der Waals surface area (Å²) in [7, 11) is 5.96. The van der Waals surface area contributed by atoms with Gasteiger partial charge in [-0.25, -0.2) is 4.79 Å². The zero-order chi connectivity index (χ0) is 44.9. The van der Waals surface area contributed by atoms with E-state index in [1.165, 1.54) is 135 Å². The van der Waals surface area contributed by atoms with E-state index in [-0.39, 0.29) is 32.2 Å². The van der Waals surface area contributed by atoms with Crippen LogP contribution in [0.15, 0.2) is 24.3 Å². The Morgan fingerprint density at radius 3 is 1.34 bits per heavy atom. The molecule has 0 saturated heterocycles. The molecule has 0 saturated carbocycles. The Hall–Kier alpha value is -2.23. The van der Waals surface area contributed by atoms with Crippen molar-refractivity contribution in [2.24, 2.45) is 0 Å². The summed E-state index contributed by atoms with van der Waals surface area (Å²) in [5.74, 6) is -2.01. The fourth-order valence-electron chi connectivity index (χ4n) is 7.21. The van der Waals surface area contributed by atoms with Crippen molar-refractivity contribution in [2.75, 3.05) is 47.5 Å². The summed E-state index contributed by atoms with van der Waals surface area (Å²) in [6, 6.07) is 0. The molecular weight excluding hydrogens is 767 g/mol. The molecule has 0 radical (unpaired) electrons. The zero-order valence-electron chi connectivity index (χ0n) is 40.6. The molecule has 2 unspecified atom stereocenters. The minimum Gasteiger partial charge on any atom is -0.477 e. The van der Waals surface area contributed by atoms with Crippen LogP contribution >= 0.6 is 0 Å². The van der Waals surface area contributed by atoms with Crippen LogP contribution in [-0.2, 0) is 33.3 Å². The number of rotatable bonds is 47. The third-order valence-corrected chi connectivity index (χ3v) is 11.2. The molecule has 358 valence electrons. The van der Waals surface area contributed by atoms with Gasteiger partial charge in [0.1, 0.15) is 13.2 Å². The summed E-state index contributed by atoms with van der Waals surface area (Å²) >= 11 is 0. The number of ether oxygens (including phenoxy) is 4. The van der Waals surface area contributed by atoms with E-state index in [1.54, 1.807) is 0 Å². The Labute approximate surface area is 376 Å². The lowest BCUT2D eigenvalue weighted by molar-refractivity contribution is -0.870. The third-order valence-electron chi connectivity index (χ3n) is 11.2. The lowest BCUT2D eigenvalue weighted by Crippen LogP contribution is -2.40. The molecule has 9 nitrogen and oxygen atoms in total. The highest BCUT2D eigenvalue weighted by Crippen LogP contribution is 2.16. The smallest absolute Gasteiger partial charge is 0.361 e. The van der Waals surface area contributed by atoms with Crippen LogP contribution in [0.3, 0.4) is 0 Å². The molecule has 0 fully saturated rings. The standard InChI is InChI=1S/C52H97NO8/c1-6-8-10-12-14-16-18-20-22-23-24-25-26-27-28-29-31-32-34-36-38-40-42-49(54)59-46-48(47-60-52(51(56)57)58-45-44-53(3,4)5)61-50(55)43-41-39-37-35-33-30-21-19-17-15-13-11-9-7-2/h13,15,19,21,48,52H,6-12,14,16-18,20,22-47H2,1-5H3/p+1/b15-13-,21-19-. The number of carbonyl (C=O) groups is 3. The minimum atomic E-state index is -1.51. The van der Waals surface area contributed by atoms with Gasteiger partial charge in [-0.3, -0.25) is 9.59 Å². The fraction of sp³-hybridized carbons (Fsp3) is 0.865. The molecule has 0 aliphatic carbocycles. The molecule has 0 rings (SSSR count). The molecule has 0 aromatic rings. The van der Waals surface area contributed by atoms with Crippen molar-refractivity contribution < 1.29 is 42.9 Å². The summed E-state index contributed by atoms with van der Waals surface area (Å²) in [6.45, 7) is 4.84. The number of carboxylic acid groups (broad SMARTS) is 1. The maximum atomic E-state index is 12.8. The van der Waals surface area contributed by atoms with Crippen LogP contribution in [0, 0.1) is 0 Å². The van der Waals surface area contributed by atoms with E-state index in [1.807, 2.05) is 21.1 Å². The SMILES string of the molecule is CCCC/C=C\C/C=C\CCCCCCCC(=O)OC(COC(=O)CCCCCCCCCCCCCCCCCCCCCCCC)COC(OCC[N+](C)(C)C)C(=O)O. The third kappa shape index (κ3) is 45.6. The molecule has 0 aliphatic rings. The van der Waals surface area contributed by atoms with Crippen molar-refractivity contribution in [2.45, 2.75) is 245 Å². The maximum Gasteiger partial charge on any atom is 0.361 e. The van der Waals surface area contributed by atoms with Gasteiger partial charge in [-0.2, -0.15) is 0 Å². The van der Waals surface area contributed by atoms with Crippen LogP contribution in [0.1, 0.15) is 232 Å². The van der Waals surface area contributed by atoms with Gasteiger partial charge in [0.05, 0.1) is 34.4 Å². The quantitative estimate of drug-likeness (QED) is 0.0212. The van der Waals surface area contributed by atoms with Crippen molar-refractivity contribution in [1.82, 2.24) is 0 Å². The maximum absolute atomic E-state index is 12.8. The van der Waals surface area contributed by atoms with Crippen molar-refractivity contribution >= 4 is 17.9 Å². The number of nitrogens with zero attached hydrogens (tertiary/aromatic N) is 1. The van der Waals surface area contributed by atoms with E-state index >= 15 is 0 Å². The number of quaternary nitrogens is 1. The van der Waals surface area contributed by atoms with E-state index in [0.29, 0.717) is 23.9 Å². The summed E-state index contributed by atoms with van der Waals surface area (Å²) in [6.07, 6.45) is 46.7. The molecule has 2 atom stereocenters. The number of hydrogen-bond donors (Lipinski definition) is 1. The summed E-state index contributed by atoms with van der Waals surface area (Å²) < 4.78 is 22.8. The first kappa shape index (κ1) is 58.8. The minimum absolute atomic E-state index is 0.183. The van der Waals surface area contributed by atoms with Gasteiger partial charge < -0.3 is 28.5 Å². The average Bonchev–Trinajstić information content (AvgIpc) is 3.22. The second-order valence-electron chi connectivity index (χ2n) is 18.5. The van der Waals surface area contributed by atoms with Gasteiger partial charge in [0.15, 0.2) is 6.10 Å². The van der Waals surface area contributed by atoms with Crippen LogP contribution in [0.25, 0.3) is 0 Å². The van der Waals surface area contributed by atoms with Gasteiger partial charge >= 0.3 is 17.9 Å². The molecule has 0 aliphatic heterocycles. The predicted octanol–water partition coefficient (Wildman–Crippen LogP) is 14.0. The second-order valence-corrected chi connectivity index (χ2v) is 18.5. The summed E-state index contributed by atoms with van der Waals surface area (Å²) in [5, 5.41) is 9.65. The van der Waals surface area contributed by atoms with Crippen molar-refractivity contribution in [3.63, 3.8) is 0 Å². The van der Waals surface area contributed by atoms with Crippen LogP contribution in [-0.4, -0.2) is 87.4 Å². The molecule has 9 heteroatoms. The van der Waals surface area contributed by atoms with Gasteiger partial charge in [0.25, 0.3) is 6.29 Å². The molecule has 0 heterocycles. The van der Waals surface area contributed by atoms with Crippen LogP contribution < -0.4 is 0 Å². The molecule has 1 N–H and O–H groups in total. The van der Waals surface area contributed by atoms with E-state index in [0.717, 1.165) is 64.2 Å². The van der Waals surface area contributed by atoms with E-state index in [2.05, 4.69) is 38.2 Å². The average molecular weight is 865 g/mol. The normalized spacial score (nSPS) is 13.0. The molecule has 61 heavy (non-hydrogen) atoms. The number of esters is 2. The Kier molecular flexibility index (Phi) is 42.8. The molecule has 0 bridgehead atoms. The highest BCUT2D eigenvalue weighted by Gasteiger charge is 2.25. The summed E-state index contributed by atoms with van der Waals surface area (Å²) in [4.78, 5) is 37.2. The predicted molar refractivity (Wildman–Crippen MR) is 254 cm³/mol. The van der Waals surface area contributed by atoms with Crippen LogP contribution in [0.2, 0.25) is 0 Å². The Morgan fingerprint density at radius 2 is 0.902 bits per heavy atom. The Morgan fingerprint density at radius 1 is 0.492 bits per heavy atom. The monoisotopic (exact) mass is 865 g/mol. The summed E-state index contributed by atoms with van der Waals surface area (Å²) in [5.41, 5.74) is 0. The van der Waals surface area contributed by atoms with Gasteiger partial charge in [-0.15, -0.1) is 0 Å². The number of carbonyl (C=O) groups excluding carboxylic acids is 2. The molecule has 0 spiro atoms. The first-order valence-corrected chi connectivity index (χ1v) is 25.5. The highest BCUT2D eigenvalue weighted by molar-refractivity contribution is 5.71. The number of unbranched alkanes of at least 4 members (excludes halogenated alkanes) is 28. The molecule has 0 aromatic carbocycles. The largest absolute Gasteiger partial charge is 0.477 e. The number of aliphatic carboxylic acids is 1. The molecule has 0 aromatic heterocycles. The topological polar surface area (TPSA) is 108 Å². The number of carboxylic acids is 1. The number of likely N-dealkylation sites (N-methyl/N-ethyl adjacent to an activating group) is 1. The number of allylic oxidation sites excluding steroid dienone is 4. The van der Waals surface area contributed by atoms with Gasteiger partial charge in [-0.1, -0.05) is 205 Å². The fourth-order valence-corrected chi connectivity index (χ4v) is 7.21. The van der Waals surface area contributed by atoms with E-state index in [4.69, 9.17) is 18.9 Å². The van der Waals surface area contributed by atoms with Crippen molar-refractivity contribution in [1.29, 1.82) is 0 Å². The first-order chi connectivity index (χ1) is 29.6. The number of hydrogen-bond acceptors (Lipinski definition) is 7. The van der Waals surface area contributed by atoms with Crippen molar-refractivity contribution in [3.8, 4) is 0 Å². The van der Waals surface area contributed by atoms with Gasteiger partial charge in [0, 0.05) is 12.8 Å². The molecule has 0 amide bonds. The van der Waals surface area contributed by atoms with E-state index < -0.39 is 24.3 Å². The van der Waals surface area contributed by atoms with Crippen molar-refractivity contribution in [3.05, 3.63) is 24.3 Å². The van der Waals surface area contributed by atoms with Gasteiger partial charge in [0.2, 0.25) is 0 Å². The first-order valence-electron chi connectivity index (χ1n) is 25.5. The van der Waals surface area contributed by atoms with Crippen LogP contribution in [0.4, 0.5) is 0 Å². The Bertz CT molecular complexity index is 1050. The highest BCUT2D eigenvalue weighted by atomic mass is 16.7. The second kappa shape index (κ2) is 44.4. The Balaban J connectivity index is 4.27. The van der Waals surface area contributed by atoms with E-state index in [9.17, 15) is 19.5 Å². The lowest BCUT2D eigenvalue weighted by Gasteiger charge is -2.25. The van der Waals surface area contributed by atoms with Crippen LogP contribution in [0.5, 0.6) is 0 Å². The van der Waals surface area contributed by atoms with Gasteiger partial charge in [-0.05, 0) is 38.5 Å². The molecular formula is C52H98NO8+.